The van der Waals surface area contributed by atoms with Gasteiger partial charge in [-0.25, -0.2) is 0 Å². The van der Waals surface area contributed by atoms with Crippen molar-refractivity contribution in [2.24, 2.45) is 5.16 Å². The highest BCUT2D eigenvalue weighted by molar-refractivity contribution is 6.01. The van der Waals surface area contributed by atoms with E-state index in [1.807, 2.05) is 54.6 Å². The largest absolute Gasteiger partial charge is 0.416 e. The minimum Gasteiger partial charge on any atom is -0.387 e. The molecule has 0 spiro atoms. The van der Waals surface area contributed by atoms with Gasteiger partial charge in [-0.15, -0.1) is 0 Å². The molecule has 4 nitrogen and oxygen atoms in total. The summed E-state index contributed by atoms with van der Waals surface area (Å²) in [5, 5.41) is 8.12. The van der Waals surface area contributed by atoms with Crippen LogP contribution in [0.5, 0.6) is 0 Å². The third-order valence-electron chi connectivity index (χ3n) is 5.41. The average molecular weight is 433 g/mol. The first-order valence-electron chi connectivity index (χ1n) is 10.1. The molecular weight excluding hydrogens is 415 g/mol. The number of nitrogens with zero attached hydrogens (tertiary/aromatic N) is 2. The number of aromatic nitrogens is 1. The van der Waals surface area contributed by atoms with Crippen molar-refractivity contribution in [1.29, 1.82) is 0 Å². The summed E-state index contributed by atoms with van der Waals surface area (Å²) >= 11 is 0. The van der Waals surface area contributed by atoms with Gasteiger partial charge in [-0.2, -0.15) is 13.2 Å². The van der Waals surface area contributed by atoms with Crippen molar-refractivity contribution in [3.8, 4) is 0 Å². The molecule has 0 aliphatic carbocycles. The molecule has 7 heteroatoms. The molecule has 0 saturated heterocycles. The number of nitrogens with one attached hydrogen (secondary N) is 1. The number of fused-ring (bicyclic) bond motifs is 1. The first-order valence-corrected chi connectivity index (χ1v) is 10.1. The number of alkyl halides is 3. The zero-order chi connectivity index (χ0) is 22.1. The lowest BCUT2D eigenvalue weighted by molar-refractivity contribution is -0.137. The van der Waals surface area contributed by atoms with Crippen LogP contribution in [0.2, 0.25) is 0 Å². The van der Waals surface area contributed by atoms with Gasteiger partial charge in [0.15, 0.2) is 6.10 Å². The second kappa shape index (κ2) is 8.00. The molecular formula is C25H18F3N3O. The van der Waals surface area contributed by atoms with Crippen LogP contribution in [0.25, 0.3) is 10.9 Å². The third kappa shape index (κ3) is 4.01. The predicted molar refractivity (Wildman–Crippen MR) is 118 cm³/mol. The van der Waals surface area contributed by atoms with Gasteiger partial charge in [0.1, 0.15) is 0 Å². The molecule has 0 radical (unpaired) electrons. The fourth-order valence-corrected chi connectivity index (χ4v) is 3.73. The highest BCUT2D eigenvalue weighted by Gasteiger charge is 2.30. The second-order valence-electron chi connectivity index (χ2n) is 7.54. The van der Waals surface area contributed by atoms with E-state index in [1.54, 1.807) is 6.07 Å². The van der Waals surface area contributed by atoms with E-state index in [9.17, 15) is 13.2 Å². The van der Waals surface area contributed by atoms with Gasteiger partial charge >= 0.3 is 6.18 Å². The van der Waals surface area contributed by atoms with Crippen molar-refractivity contribution in [2.45, 2.75) is 18.7 Å². The summed E-state index contributed by atoms with van der Waals surface area (Å²) in [5.41, 5.74) is 3.98. The zero-order valence-electron chi connectivity index (χ0n) is 16.8. The van der Waals surface area contributed by atoms with Crippen molar-refractivity contribution >= 4 is 28.0 Å². The molecule has 0 bridgehead atoms. The summed E-state index contributed by atoms with van der Waals surface area (Å²) in [6.07, 6.45) is -2.31. The van der Waals surface area contributed by atoms with Crippen molar-refractivity contribution in [1.82, 2.24) is 4.98 Å². The molecule has 0 amide bonds. The van der Waals surface area contributed by atoms with Crippen molar-refractivity contribution in [2.75, 3.05) is 5.32 Å². The molecule has 2 heterocycles. The summed E-state index contributed by atoms with van der Waals surface area (Å²) in [5.74, 6) is 0. The molecule has 1 aromatic heterocycles. The molecule has 1 N–H and O–H groups in total. The minimum absolute atomic E-state index is 0.0891. The first-order chi connectivity index (χ1) is 15.5. The van der Waals surface area contributed by atoms with Gasteiger partial charge in [0, 0.05) is 29.4 Å². The SMILES string of the molecule is FC(F)(F)c1ccc2c(Nc3ccc(C4=NOC(c5ccccc5)C4)cc3)ccnc2c1. The maximum atomic E-state index is 13.0. The standard InChI is InChI=1S/C25H18F3N3O/c26-25(27,28)18-8-11-20-21(12-13-29-23(20)14-18)30-19-9-6-16(7-10-19)22-15-24(32-31-22)17-4-2-1-3-5-17/h1-14,24H,15H2,(H,29,30). The van der Waals surface area contributed by atoms with E-state index < -0.39 is 11.7 Å². The van der Waals surface area contributed by atoms with Gasteiger partial charge in [0.2, 0.25) is 0 Å². The van der Waals surface area contributed by atoms with Crippen LogP contribution in [0.1, 0.15) is 29.2 Å². The molecule has 3 aromatic carbocycles. The van der Waals surface area contributed by atoms with E-state index in [-0.39, 0.29) is 11.6 Å². The smallest absolute Gasteiger partial charge is 0.387 e. The van der Waals surface area contributed by atoms with Crippen LogP contribution in [0, 0.1) is 0 Å². The summed E-state index contributed by atoms with van der Waals surface area (Å²) in [7, 11) is 0. The van der Waals surface area contributed by atoms with Gasteiger partial charge in [0.05, 0.1) is 16.8 Å². The molecule has 1 unspecified atom stereocenters. The number of hydrogen-bond donors (Lipinski definition) is 1. The Kier molecular flexibility index (Phi) is 5.01. The van der Waals surface area contributed by atoms with E-state index in [0.29, 0.717) is 17.5 Å². The second-order valence-corrected chi connectivity index (χ2v) is 7.54. The van der Waals surface area contributed by atoms with Gasteiger partial charge in [-0.1, -0.05) is 53.7 Å². The Morgan fingerprint density at radius 3 is 2.44 bits per heavy atom. The number of oxime groups is 1. The Morgan fingerprint density at radius 1 is 0.906 bits per heavy atom. The van der Waals surface area contributed by atoms with E-state index in [1.165, 1.54) is 12.3 Å². The maximum Gasteiger partial charge on any atom is 0.416 e. The summed E-state index contributed by atoms with van der Waals surface area (Å²) in [6.45, 7) is 0. The van der Waals surface area contributed by atoms with Crippen LogP contribution in [-0.2, 0) is 11.0 Å². The molecule has 1 aliphatic rings. The van der Waals surface area contributed by atoms with Gasteiger partial charge in [-0.05, 0) is 41.5 Å². The number of pyridine rings is 1. The first kappa shape index (κ1) is 20.1. The minimum atomic E-state index is -4.40. The normalized spacial score (nSPS) is 16.0. The van der Waals surface area contributed by atoms with E-state index in [2.05, 4.69) is 15.5 Å². The monoisotopic (exact) mass is 433 g/mol. The summed E-state index contributed by atoms with van der Waals surface area (Å²) < 4.78 is 39.0. The number of benzene rings is 3. The van der Waals surface area contributed by atoms with Crippen LogP contribution in [0.4, 0.5) is 24.5 Å². The van der Waals surface area contributed by atoms with Crippen molar-refractivity contribution in [3.63, 3.8) is 0 Å². The Bertz CT molecular complexity index is 1290. The van der Waals surface area contributed by atoms with Crippen LogP contribution in [0.3, 0.4) is 0 Å². The van der Waals surface area contributed by atoms with Crippen LogP contribution in [0.15, 0.2) is 90.2 Å². The molecule has 1 aliphatic heterocycles. The van der Waals surface area contributed by atoms with Crippen LogP contribution < -0.4 is 5.32 Å². The maximum absolute atomic E-state index is 13.0. The van der Waals surface area contributed by atoms with E-state index in [4.69, 9.17) is 4.84 Å². The molecule has 5 rings (SSSR count). The average Bonchev–Trinajstić information content (AvgIpc) is 3.30. The predicted octanol–water partition coefficient (Wildman–Crippen LogP) is 6.86. The Balaban J connectivity index is 1.33. The zero-order valence-corrected chi connectivity index (χ0v) is 16.8. The number of hydrogen-bond acceptors (Lipinski definition) is 4. The topological polar surface area (TPSA) is 46.5 Å². The molecule has 160 valence electrons. The highest BCUT2D eigenvalue weighted by atomic mass is 19.4. The van der Waals surface area contributed by atoms with Crippen LogP contribution in [-0.4, -0.2) is 10.7 Å². The van der Waals surface area contributed by atoms with Gasteiger partial charge in [-0.3, -0.25) is 4.98 Å². The number of anilines is 2. The molecule has 0 fully saturated rings. The Labute approximate surface area is 182 Å². The molecule has 4 aromatic rings. The number of rotatable bonds is 4. The lowest BCUT2D eigenvalue weighted by atomic mass is 10.0. The van der Waals surface area contributed by atoms with Gasteiger partial charge in [0.25, 0.3) is 0 Å². The lowest BCUT2D eigenvalue weighted by Gasteiger charge is -2.12. The quantitative estimate of drug-likeness (QED) is 0.382. The Hall–Kier alpha value is -3.87. The summed E-state index contributed by atoms with van der Waals surface area (Å²) in [6, 6.07) is 23.0. The van der Waals surface area contributed by atoms with Crippen molar-refractivity contribution < 1.29 is 18.0 Å². The molecule has 0 saturated carbocycles. The van der Waals surface area contributed by atoms with E-state index in [0.717, 1.165) is 34.7 Å². The molecule has 1 atom stereocenters. The Morgan fingerprint density at radius 2 is 1.69 bits per heavy atom. The van der Waals surface area contributed by atoms with Crippen molar-refractivity contribution in [3.05, 3.63) is 102 Å². The number of halogens is 3. The third-order valence-corrected chi connectivity index (χ3v) is 5.41. The molecule has 32 heavy (non-hydrogen) atoms. The summed E-state index contributed by atoms with van der Waals surface area (Å²) in [4.78, 5) is 9.69. The lowest BCUT2D eigenvalue weighted by Crippen LogP contribution is -2.05. The van der Waals surface area contributed by atoms with Gasteiger partial charge < -0.3 is 10.2 Å². The highest BCUT2D eigenvalue weighted by Crippen LogP contribution is 2.34. The fourth-order valence-electron chi connectivity index (χ4n) is 3.73. The van der Waals surface area contributed by atoms with E-state index >= 15 is 0 Å². The fraction of sp³-hybridized carbons (Fsp3) is 0.120. The van der Waals surface area contributed by atoms with Crippen LogP contribution >= 0.6 is 0 Å².